The smallest absolute Gasteiger partial charge is 0.245 e. The summed E-state index contributed by atoms with van der Waals surface area (Å²) < 4.78 is 0. The highest BCUT2D eigenvalue weighted by Gasteiger charge is 2.37. The number of benzene rings is 2. The number of likely N-dealkylation sites (tertiary alicyclic amines) is 2. The van der Waals surface area contributed by atoms with Gasteiger partial charge in [-0.05, 0) is 115 Å². The van der Waals surface area contributed by atoms with Crippen molar-refractivity contribution in [2.75, 3.05) is 37.8 Å². The van der Waals surface area contributed by atoms with Crippen LogP contribution in [0.15, 0.2) is 48.5 Å². The molecule has 0 aliphatic carbocycles. The van der Waals surface area contributed by atoms with E-state index in [1.54, 1.807) is 52.2 Å². The van der Waals surface area contributed by atoms with E-state index in [0.29, 0.717) is 63.0 Å². The molecule has 4 rings (SSSR count). The van der Waals surface area contributed by atoms with Crippen LogP contribution in [-0.2, 0) is 51.2 Å². The van der Waals surface area contributed by atoms with E-state index in [1.165, 1.54) is 9.80 Å². The largest absolute Gasteiger partial charge is 0.368 e. The number of carbonyl (C=O) groups is 8. The van der Waals surface area contributed by atoms with Crippen LogP contribution in [0.1, 0.15) is 76.3 Å². The molecule has 7 amide bonds. The molecule has 320 valence electrons. The zero-order valence-corrected chi connectivity index (χ0v) is 34.4. The Balaban J connectivity index is 1.24. The maximum Gasteiger partial charge on any atom is 0.245 e. The van der Waals surface area contributed by atoms with Crippen LogP contribution in [0.2, 0.25) is 0 Å². The molecule has 6 atom stereocenters. The Morgan fingerprint density at radius 1 is 0.678 bits per heavy atom. The molecule has 2 saturated heterocycles. The van der Waals surface area contributed by atoms with Gasteiger partial charge >= 0.3 is 0 Å². The first-order chi connectivity index (χ1) is 28.2. The third-order valence-electron chi connectivity index (χ3n) is 11.0. The van der Waals surface area contributed by atoms with E-state index in [1.807, 2.05) is 24.3 Å². The van der Waals surface area contributed by atoms with Crippen molar-refractivity contribution in [3.63, 3.8) is 0 Å². The molecule has 2 fully saturated rings. The first-order valence-corrected chi connectivity index (χ1v) is 20.3. The molecule has 0 radical (unpaired) electrons. The second-order valence-electron chi connectivity index (χ2n) is 15.2. The molecule has 2 heterocycles. The summed E-state index contributed by atoms with van der Waals surface area (Å²) >= 11 is 0. The number of rotatable bonds is 21. The normalized spacial score (nSPS) is 18.2. The number of likely N-dealkylation sites (N-methyl/N-ethyl adjacent to an activating group) is 2. The van der Waals surface area contributed by atoms with Gasteiger partial charge in [-0.2, -0.15) is 0 Å². The molecular weight excluding hydrogens is 759 g/mol. The van der Waals surface area contributed by atoms with Crippen molar-refractivity contribution < 1.29 is 38.4 Å². The number of aldehydes is 1. The average Bonchev–Trinajstić information content (AvgIpc) is 3.94. The Bertz CT molecular complexity index is 1810. The van der Waals surface area contributed by atoms with E-state index in [2.05, 4.69) is 31.9 Å². The first kappa shape index (κ1) is 46.0. The highest BCUT2D eigenvalue weighted by atomic mass is 16.2. The van der Waals surface area contributed by atoms with E-state index in [9.17, 15) is 38.4 Å². The van der Waals surface area contributed by atoms with Crippen LogP contribution >= 0.6 is 0 Å². The molecule has 2 aromatic carbocycles. The van der Waals surface area contributed by atoms with Crippen molar-refractivity contribution >= 4 is 59.0 Å². The number of amides is 7. The summed E-state index contributed by atoms with van der Waals surface area (Å²) in [6.45, 7) is 4.09. The molecule has 0 saturated carbocycles. The molecule has 0 bridgehead atoms. The summed E-state index contributed by atoms with van der Waals surface area (Å²) in [4.78, 5) is 104. The van der Waals surface area contributed by atoms with Crippen LogP contribution in [-0.4, -0.2) is 121 Å². The lowest BCUT2D eigenvalue weighted by molar-refractivity contribution is -0.141. The van der Waals surface area contributed by atoms with Crippen molar-refractivity contribution in [2.24, 2.45) is 5.73 Å². The molecule has 17 heteroatoms. The van der Waals surface area contributed by atoms with Crippen molar-refractivity contribution in [1.82, 2.24) is 31.1 Å². The van der Waals surface area contributed by atoms with Gasteiger partial charge in [0.05, 0.1) is 18.1 Å². The predicted molar refractivity (Wildman–Crippen MR) is 222 cm³/mol. The minimum Gasteiger partial charge on any atom is -0.368 e. The highest BCUT2D eigenvalue weighted by molar-refractivity contribution is 5.95. The number of hydrogen-bond acceptors (Lipinski definition) is 10. The highest BCUT2D eigenvalue weighted by Crippen LogP contribution is 2.21. The van der Waals surface area contributed by atoms with Gasteiger partial charge in [0, 0.05) is 37.3 Å². The quantitative estimate of drug-likeness (QED) is 0.0873. The molecule has 2 aliphatic rings. The topological polar surface area (TPSA) is 241 Å². The van der Waals surface area contributed by atoms with E-state index in [0.717, 1.165) is 17.4 Å². The Labute approximate surface area is 345 Å². The van der Waals surface area contributed by atoms with Gasteiger partial charge in [0.2, 0.25) is 41.4 Å². The number of anilines is 2. The van der Waals surface area contributed by atoms with Crippen LogP contribution in [0, 0.1) is 0 Å². The minimum absolute atomic E-state index is 0.0192. The molecule has 2 aliphatic heterocycles. The van der Waals surface area contributed by atoms with Crippen molar-refractivity contribution in [3.8, 4) is 0 Å². The summed E-state index contributed by atoms with van der Waals surface area (Å²) in [7, 11) is 3.26. The van der Waals surface area contributed by atoms with E-state index in [4.69, 9.17) is 5.73 Å². The monoisotopic (exact) mass is 817 g/mol. The third-order valence-corrected chi connectivity index (χ3v) is 11.0. The van der Waals surface area contributed by atoms with Gasteiger partial charge in [0.1, 0.15) is 24.4 Å². The lowest BCUT2D eigenvalue weighted by Gasteiger charge is -2.28. The number of hydrogen-bond donors (Lipinski definition) is 7. The Hall–Kier alpha value is -5.68. The molecule has 0 aromatic heterocycles. The lowest BCUT2D eigenvalue weighted by atomic mass is 10.0. The zero-order chi connectivity index (χ0) is 43.1. The lowest BCUT2D eigenvalue weighted by Crippen LogP contribution is -2.55. The second kappa shape index (κ2) is 22.5. The summed E-state index contributed by atoms with van der Waals surface area (Å²) in [6.07, 6.45) is 4.57. The maximum absolute atomic E-state index is 13.4. The van der Waals surface area contributed by atoms with Gasteiger partial charge in [-0.1, -0.05) is 24.3 Å². The molecule has 6 unspecified atom stereocenters. The third kappa shape index (κ3) is 13.4. The van der Waals surface area contributed by atoms with Crippen molar-refractivity contribution in [3.05, 3.63) is 59.7 Å². The first-order valence-electron chi connectivity index (χ1n) is 20.3. The Kier molecular flexibility index (Phi) is 17.5. The Morgan fingerprint density at radius 3 is 1.53 bits per heavy atom. The summed E-state index contributed by atoms with van der Waals surface area (Å²) in [5.41, 5.74) is 8.76. The molecule has 2 aromatic rings. The summed E-state index contributed by atoms with van der Waals surface area (Å²) in [5.74, 6) is -2.83. The van der Waals surface area contributed by atoms with Gasteiger partial charge in [0.15, 0.2) is 0 Å². The van der Waals surface area contributed by atoms with Crippen LogP contribution < -0.4 is 37.6 Å². The summed E-state index contributed by atoms with van der Waals surface area (Å²) in [5, 5.41) is 16.8. The van der Waals surface area contributed by atoms with E-state index >= 15 is 0 Å². The number of nitrogens with one attached hydrogen (secondary N) is 6. The maximum atomic E-state index is 13.4. The van der Waals surface area contributed by atoms with Crippen molar-refractivity contribution in [2.45, 2.75) is 114 Å². The van der Waals surface area contributed by atoms with Crippen LogP contribution in [0.4, 0.5) is 11.4 Å². The van der Waals surface area contributed by atoms with Gasteiger partial charge in [0.25, 0.3) is 0 Å². The van der Waals surface area contributed by atoms with Crippen molar-refractivity contribution in [1.29, 1.82) is 0 Å². The standard InChI is InChI=1S/C42H59N9O8/c1-26(44-3)39(56)48-33(41(58)50-23-5-7-32(50)25-52)19-21-36(53)46-30-15-11-28(12-16-30)9-10-29-13-17-31(18-14-29)47-37(54)22-20-34(49-40(57)27(2)45-4)42(59)51-24-6-8-35(51)38(43)55/h11-18,25-27,32-35,44-45H,5-10,19-24H2,1-4H3,(H2,43,55)(H,46,53)(H,47,54)(H,48,56)(H,49,57). The van der Waals surface area contributed by atoms with E-state index < -0.39 is 54.0 Å². The van der Waals surface area contributed by atoms with E-state index in [-0.39, 0.29) is 49.3 Å². The number of primary amides is 1. The fourth-order valence-electron chi connectivity index (χ4n) is 7.10. The Morgan fingerprint density at radius 2 is 1.10 bits per heavy atom. The molecule has 0 spiro atoms. The van der Waals surface area contributed by atoms with Gasteiger partial charge in [-0.25, -0.2) is 0 Å². The number of carbonyl (C=O) groups excluding carboxylic acids is 8. The molecule has 17 nitrogen and oxygen atoms in total. The molecule has 59 heavy (non-hydrogen) atoms. The summed E-state index contributed by atoms with van der Waals surface area (Å²) in [6, 6.07) is 10.5. The fourth-order valence-corrected chi connectivity index (χ4v) is 7.10. The zero-order valence-electron chi connectivity index (χ0n) is 34.4. The number of nitrogens with two attached hydrogens (primary N) is 1. The number of aryl methyl sites for hydroxylation is 2. The average molecular weight is 818 g/mol. The van der Waals surface area contributed by atoms with Crippen LogP contribution in [0.5, 0.6) is 0 Å². The van der Waals surface area contributed by atoms with Gasteiger partial charge in [-0.3, -0.25) is 33.6 Å². The van der Waals surface area contributed by atoms with Gasteiger partial charge < -0.3 is 52.2 Å². The number of nitrogens with zero attached hydrogens (tertiary/aromatic N) is 2. The predicted octanol–water partition coefficient (Wildman–Crippen LogP) is 0.761. The second-order valence-corrected chi connectivity index (χ2v) is 15.2. The van der Waals surface area contributed by atoms with Crippen LogP contribution in [0.25, 0.3) is 0 Å². The van der Waals surface area contributed by atoms with Crippen LogP contribution in [0.3, 0.4) is 0 Å². The fraction of sp³-hybridized carbons (Fsp3) is 0.524. The molecule has 8 N–H and O–H groups in total. The SMILES string of the molecule is CNC(C)C(=O)NC(CCC(=O)Nc1ccc(CCc2ccc(NC(=O)CCC(NC(=O)C(C)NC)C(=O)N3CCCC3C(N)=O)cc2)cc1)C(=O)N1CCCC1C=O. The van der Waals surface area contributed by atoms with Gasteiger partial charge in [-0.15, -0.1) is 0 Å². The molecular formula is C42H59N9O8. The minimum atomic E-state index is -1.00.